The number of pyridine rings is 1. The van der Waals surface area contributed by atoms with Gasteiger partial charge in [-0.15, -0.1) is 0 Å². The number of hydrogen-bond acceptors (Lipinski definition) is 2. The van der Waals surface area contributed by atoms with Gasteiger partial charge in [-0.2, -0.15) is 0 Å². The van der Waals surface area contributed by atoms with Gasteiger partial charge in [-0.3, -0.25) is 4.98 Å². The minimum absolute atomic E-state index is 0.208. The highest BCUT2D eigenvalue weighted by Gasteiger charge is 2.41. The number of aromatic nitrogens is 1. The number of rotatable bonds is 1. The highest BCUT2D eigenvalue weighted by molar-refractivity contribution is 5.79. The molecule has 1 saturated carbocycles. The summed E-state index contributed by atoms with van der Waals surface area (Å²) in [6.07, 6.45) is 3.39. The van der Waals surface area contributed by atoms with E-state index in [-0.39, 0.29) is 5.54 Å². The number of benzene rings is 1. The molecule has 2 unspecified atom stereocenters. The summed E-state index contributed by atoms with van der Waals surface area (Å²) in [6.45, 7) is 9.05. The Labute approximate surface area is 127 Å². The molecule has 1 heterocycles. The molecular weight excluding hydrogens is 256 g/mol. The van der Waals surface area contributed by atoms with Crippen LogP contribution in [0.15, 0.2) is 30.3 Å². The van der Waals surface area contributed by atoms with Crippen LogP contribution < -0.4 is 5.73 Å². The van der Waals surface area contributed by atoms with E-state index in [1.807, 2.05) is 6.92 Å². The summed E-state index contributed by atoms with van der Waals surface area (Å²) in [5.41, 5.74) is 10.3. The standard InChI is InChI=1S/C19H26N2/c1-13-10-18(3,4)12-19(20,11-13)16-7-8-17-15(9-16)6-5-14(2)21-17/h5-9,13H,10-12,20H2,1-4H3. The molecule has 2 N–H and O–H groups in total. The Morgan fingerprint density at radius 1 is 1.14 bits per heavy atom. The molecule has 0 spiro atoms. The zero-order chi connectivity index (χ0) is 15.3. The van der Waals surface area contributed by atoms with Crippen LogP contribution in [0.5, 0.6) is 0 Å². The van der Waals surface area contributed by atoms with Gasteiger partial charge < -0.3 is 5.73 Å². The van der Waals surface area contributed by atoms with E-state index in [4.69, 9.17) is 5.73 Å². The molecule has 1 aromatic heterocycles. The summed E-state index contributed by atoms with van der Waals surface area (Å²) in [5, 5.41) is 1.19. The summed E-state index contributed by atoms with van der Waals surface area (Å²) in [7, 11) is 0. The third-order valence-electron chi connectivity index (χ3n) is 4.81. The van der Waals surface area contributed by atoms with Crippen molar-refractivity contribution in [2.45, 2.75) is 52.5 Å². The lowest BCUT2D eigenvalue weighted by atomic mass is 9.62. The molecule has 2 heteroatoms. The van der Waals surface area contributed by atoms with E-state index < -0.39 is 0 Å². The Bertz CT molecular complexity index is 674. The van der Waals surface area contributed by atoms with Crippen molar-refractivity contribution in [1.29, 1.82) is 0 Å². The number of fused-ring (bicyclic) bond motifs is 1. The lowest BCUT2D eigenvalue weighted by Gasteiger charge is -2.46. The van der Waals surface area contributed by atoms with Crippen LogP contribution in [0.3, 0.4) is 0 Å². The number of nitrogens with two attached hydrogens (primary N) is 1. The molecule has 3 rings (SSSR count). The van der Waals surface area contributed by atoms with Gasteiger partial charge in [-0.1, -0.05) is 32.9 Å². The Morgan fingerprint density at radius 3 is 2.62 bits per heavy atom. The van der Waals surface area contributed by atoms with Crippen molar-refractivity contribution in [2.75, 3.05) is 0 Å². The van der Waals surface area contributed by atoms with E-state index in [0.29, 0.717) is 11.3 Å². The predicted molar refractivity (Wildman–Crippen MR) is 89.1 cm³/mol. The number of nitrogens with zero attached hydrogens (tertiary/aromatic N) is 1. The van der Waals surface area contributed by atoms with Gasteiger partial charge in [-0.25, -0.2) is 0 Å². The van der Waals surface area contributed by atoms with Crippen molar-refractivity contribution in [3.8, 4) is 0 Å². The molecule has 1 aliphatic rings. The van der Waals surface area contributed by atoms with Crippen LogP contribution >= 0.6 is 0 Å². The molecule has 2 nitrogen and oxygen atoms in total. The molecular formula is C19H26N2. The van der Waals surface area contributed by atoms with Gasteiger partial charge in [0.05, 0.1) is 5.52 Å². The smallest absolute Gasteiger partial charge is 0.0705 e. The monoisotopic (exact) mass is 282 g/mol. The molecule has 1 aromatic carbocycles. The average molecular weight is 282 g/mol. The van der Waals surface area contributed by atoms with Crippen molar-refractivity contribution in [2.24, 2.45) is 17.1 Å². The molecule has 112 valence electrons. The van der Waals surface area contributed by atoms with Crippen molar-refractivity contribution >= 4 is 10.9 Å². The van der Waals surface area contributed by atoms with E-state index in [1.165, 1.54) is 17.4 Å². The fourth-order valence-corrected chi connectivity index (χ4v) is 4.39. The maximum Gasteiger partial charge on any atom is 0.0705 e. The third-order valence-corrected chi connectivity index (χ3v) is 4.81. The normalized spacial score (nSPS) is 28.7. The van der Waals surface area contributed by atoms with E-state index in [1.54, 1.807) is 0 Å². The van der Waals surface area contributed by atoms with Crippen LogP contribution in [0.4, 0.5) is 0 Å². The van der Waals surface area contributed by atoms with E-state index in [0.717, 1.165) is 24.1 Å². The molecule has 0 amide bonds. The summed E-state index contributed by atoms with van der Waals surface area (Å²) in [4.78, 5) is 4.59. The van der Waals surface area contributed by atoms with Crippen LogP contribution in [0.1, 0.15) is 51.3 Å². The zero-order valence-corrected chi connectivity index (χ0v) is 13.6. The van der Waals surface area contributed by atoms with Gasteiger partial charge in [0.15, 0.2) is 0 Å². The van der Waals surface area contributed by atoms with Crippen molar-refractivity contribution in [3.63, 3.8) is 0 Å². The topological polar surface area (TPSA) is 38.9 Å². The first-order chi connectivity index (χ1) is 9.77. The quantitative estimate of drug-likeness (QED) is 0.833. The highest BCUT2D eigenvalue weighted by atomic mass is 14.8. The Morgan fingerprint density at radius 2 is 1.90 bits per heavy atom. The van der Waals surface area contributed by atoms with E-state index in [2.05, 4.69) is 56.1 Å². The van der Waals surface area contributed by atoms with E-state index in [9.17, 15) is 0 Å². The maximum absolute atomic E-state index is 6.85. The molecule has 0 aliphatic heterocycles. The van der Waals surface area contributed by atoms with Crippen LogP contribution in [0.25, 0.3) is 10.9 Å². The maximum atomic E-state index is 6.85. The first-order valence-corrected chi connectivity index (χ1v) is 7.94. The lowest BCUT2D eigenvalue weighted by molar-refractivity contribution is 0.107. The van der Waals surface area contributed by atoms with Crippen LogP contribution in [0, 0.1) is 18.3 Å². The molecule has 1 fully saturated rings. The second-order valence-electron chi connectivity index (χ2n) is 7.87. The van der Waals surface area contributed by atoms with Gasteiger partial charge in [0.2, 0.25) is 0 Å². The van der Waals surface area contributed by atoms with Crippen molar-refractivity contribution in [3.05, 3.63) is 41.6 Å². The summed E-state index contributed by atoms with van der Waals surface area (Å²) < 4.78 is 0. The predicted octanol–water partition coefficient (Wildman–Crippen LogP) is 4.54. The van der Waals surface area contributed by atoms with Crippen LogP contribution in [-0.4, -0.2) is 4.98 Å². The minimum atomic E-state index is -0.208. The molecule has 1 aliphatic carbocycles. The fourth-order valence-electron chi connectivity index (χ4n) is 4.39. The van der Waals surface area contributed by atoms with Crippen LogP contribution in [0.2, 0.25) is 0 Å². The van der Waals surface area contributed by atoms with Gasteiger partial charge in [0.1, 0.15) is 0 Å². The van der Waals surface area contributed by atoms with Gasteiger partial charge in [0.25, 0.3) is 0 Å². The van der Waals surface area contributed by atoms with Gasteiger partial charge in [0, 0.05) is 16.6 Å². The second-order valence-corrected chi connectivity index (χ2v) is 7.87. The number of hydrogen-bond donors (Lipinski definition) is 1. The molecule has 21 heavy (non-hydrogen) atoms. The second kappa shape index (κ2) is 4.81. The summed E-state index contributed by atoms with van der Waals surface area (Å²) in [6, 6.07) is 10.8. The SMILES string of the molecule is Cc1ccc2cc(C3(N)CC(C)CC(C)(C)C3)ccc2n1. The fraction of sp³-hybridized carbons (Fsp3) is 0.526. The van der Waals surface area contributed by atoms with E-state index >= 15 is 0 Å². The molecule has 0 radical (unpaired) electrons. The third kappa shape index (κ3) is 2.82. The summed E-state index contributed by atoms with van der Waals surface area (Å²) >= 11 is 0. The average Bonchev–Trinajstić information content (AvgIpc) is 2.35. The lowest BCUT2D eigenvalue weighted by Crippen LogP contribution is -2.46. The highest BCUT2D eigenvalue weighted by Crippen LogP contribution is 2.47. The largest absolute Gasteiger partial charge is 0.321 e. The van der Waals surface area contributed by atoms with Crippen molar-refractivity contribution in [1.82, 2.24) is 4.98 Å². The zero-order valence-electron chi connectivity index (χ0n) is 13.6. The minimum Gasteiger partial charge on any atom is -0.321 e. The molecule has 0 bridgehead atoms. The van der Waals surface area contributed by atoms with Gasteiger partial charge >= 0.3 is 0 Å². The van der Waals surface area contributed by atoms with Crippen LogP contribution in [-0.2, 0) is 5.54 Å². The summed E-state index contributed by atoms with van der Waals surface area (Å²) in [5.74, 6) is 0.672. The van der Waals surface area contributed by atoms with Crippen molar-refractivity contribution < 1.29 is 0 Å². The Balaban J connectivity index is 2.04. The molecule has 2 atom stereocenters. The van der Waals surface area contributed by atoms with Gasteiger partial charge in [-0.05, 0) is 61.3 Å². The first-order valence-electron chi connectivity index (χ1n) is 7.94. The molecule has 0 saturated heterocycles. The molecule has 2 aromatic rings. The first kappa shape index (κ1) is 14.5. The number of aryl methyl sites for hydroxylation is 1. The Hall–Kier alpha value is -1.41. The Kier molecular flexibility index (Phi) is 3.32.